The van der Waals surface area contributed by atoms with Crippen LogP contribution in [0.25, 0.3) is 0 Å². The van der Waals surface area contributed by atoms with Crippen molar-refractivity contribution in [1.29, 1.82) is 0 Å². The fraction of sp³-hybridized carbons (Fsp3) is 0.385. The van der Waals surface area contributed by atoms with Crippen LogP contribution in [0.2, 0.25) is 5.02 Å². The Hall–Kier alpha value is -1.30. The fourth-order valence-electron chi connectivity index (χ4n) is 1.67. The van der Waals surface area contributed by atoms with Gasteiger partial charge < -0.3 is 16.4 Å². The molecule has 1 aromatic carbocycles. The number of hydrogen-bond acceptors (Lipinski definition) is 3. The maximum Gasteiger partial charge on any atom is 0.253 e. The highest BCUT2D eigenvalue weighted by Crippen LogP contribution is 2.28. The highest BCUT2D eigenvalue weighted by atomic mass is 35.5. The van der Waals surface area contributed by atoms with Crippen molar-refractivity contribution in [2.24, 2.45) is 11.7 Å². The van der Waals surface area contributed by atoms with Crippen LogP contribution in [-0.2, 0) is 4.79 Å². The van der Waals surface area contributed by atoms with Crippen LogP contribution in [0.3, 0.4) is 0 Å². The summed E-state index contributed by atoms with van der Waals surface area (Å²) in [6.07, 6.45) is 2.32. The molecule has 1 aliphatic carbocycles. The van der Waals surface area contributed by atoms with E-state index in [2.05, 4.69) is 10.6 Å². The SMILES string of the molecule is Cl.NCC(=O)Nc1ccc(Cl)cc1C(=O)NCC1CC1. The van der Waals surface area contributed by atoms with Gasteiger partial charge in [0.25, 0.3) is 5.91 Å². The zero-order chi connectivity index (χ0) is 13.8. The summed E-state index contributed by atoms with van der Waals surface area (Å²) in [5.41, 5.74) is 6.02. The molecule has 1 saturated carbocycles. The molecule has 0 aromatic heterocycles. The molecule has 0 aliphatic heterocycles. The van der Waals surface area contributed by atoms with E-state index in [1.54, 1.807) is 12.1 Å². The van der Waals surface area contributed by atoms with E-state index < -0.39 is 0 Å². The third-order valence-corrected chi connectivity index (χ3v) is 3.17. The first-order valence-electron chi connectivity index (χ1n) is 6.18. The first-order chi connectivity index (χ1) is 9.10. The molecular formula is C13H17Cl2N3O2. The minimum Gasteiger partial charge on any atom is -0.352 e. The smallest absolute Gasteiger partial charge is 0.253 e. The van der Waals surface area contributed by atoms with Crippen LogP contribution in [0.5, 0.6) is 0 Å². The summed E-state index contributed by atoms with van der Waals surface area (Å²) in [6.45, 7) is 0.529. The van der Waals surface area contributed by atoms with Crippen LogP contribution in [0.1, 0.15) is 23.2 Å². The molecule has 4 N–H and O–H groups in total. The normalized spacial score (nSPS) is 13.3. The Bertz CT molecular complexity index is 504. The number of halogens is 2. The Morgan fingerprint density at radius 3 is 2.65 bits per heavy atom. The van der Waals surface area contributed by atoms with Gasteiger partial charge in [0.2, 0.25) is 5.91 Å². The molecular weight excluding hydrogens is 301 g/mol. The molecule has 1 fully saturated rings. The van der Waals surface area contributed by atoms with Gasteiger partial charge in [-0.2, -0.15) is 0 Å². The Labute approximate surface area is 128 Å². The van der Waals surface area contributed by atoms with E-state index >= 15 is 0 Å². The quantitative estimate of drug-likeness (QED) is 0.774. The van der Waals surface area contributed by atoms with Crippen molar-refractivity contribution in [1.82, 2.24) is 5.32 Å². The van der Waals surface area contributed by atoms with Crippen LogP contribution in [0, 0.1) is 5.92 Å². The summed E-state index contributed by atoms with van der Waals surface area (Å²) in [4.78, 5) is 23.4. The monoisotopic (exact) mass is 317 g/mol. The lowest BCUT2D eigenvalue weighted by atomic mass is 10.1. The minimum absolute atomic E-state index is 0. The van der Waals surface area contributed by atoms with Crippen LogP contribution in [0.4, 0.5) is 5.69 Å². The Morgan fingerprint density at radius 1 is 1.35 bits per heavy atom. The van der Waals surface area contributed by atoms with Crippen LogP contribution >= 0.6 is 24.0 Å². The van der Waals surface area contributed by atoms with E-state index in [1.807, 2.05) is 0 Å². The summed E-state index contributed by atoms with van der Waals surface area (Å²) in [5, 5.41) is 5.87. The van der Waals surface area contributed by atoms with Gasteiger partial charge in [-0.15, -0.1) is 12.4 Å². The largest absolute Gasteiger partial charge is 0.352 e. The van der Waals surface area contributed by atoms with Gasteiger partial charge in [-0.3, -0.25) is 9.59 Å². The number of nitrogens with one attached hydrogen (secondary N) is 2. The predicted octanol–water partition coefficient (Wildman–Crippen LogP) is 1.80. The molecule has 0 atom stereocenters. The van der Waals surface area contributed by atoms with Gasteiger partial charge in [0.15, 0.2) is 0 Å². The summed E-state index contributed by atoms with van der Waals surface area (Å²) >= 11 is 5.89. The van der Waals surface area contributed by atoms with Gasteiger partial charge in [-0.05, 0) is 37.0 Å². The van der Waals surface area contributed by atoms with Gasteiger partial charge in [0.1, 0.15) is 0 Å². The van der Waals surface area contributed by atoms with Gasteiger partial charge in [-0.25, -0.2) is 0 Å². The third-order valence-electron chi connectivity index (χ3n) is 2.93. The van der Waals surface area contributed by atoms with Crippen LogP contribution in [-0.4, -0.2) is 24.9 Å². The molecule has 2 rings (SSSR count). The van der Waals surface area contributed by atoms with Crippen LogP contribution < -0.4 is 16.4 Å². The van der Waals surface area contributed by atoms with E-state index in [0.717, 1.165) is 12.8 Å². The summed E-state index contributed by atoms with van der Waals surface area (Å²) in [6, 6.07) is 4.75. The number of anilines is 1. The zero-order valence-electron chi connectivity index (χ0n) is 10.8. The van der Waals surface area contributed by atoms with Gasteiger partial charge >= 0.3 is 0 Å². The van der Waals surface area contributed by atoms with E-state index in [9.17, 15) is 9.59 Å². The van der Waals surface area contributed by atoms with E-state index in [4.69, 9.17) is 17.3 Å². The third kappa shape index (κ3) is 4.67. The number of nitrogens with two attached hydrogens (primary N) is 1. The lowest BCUT2D eigenvalue weighted by molar-refractivity contribution is -0.114. The predicted molar refractivity (Wildman–Crippen MR) is 81.4 cm³/mol. The second-order valence-electron chi connectivity index (χ2n) is 4.60. The van der Waals surface area contributed by atoms with Gasteiger partial charge in [-0.1, -0.05) is 11.6 Å². The maximum absolute atomic E-state index is 12.1. The number of carbonyl (C=O) groups excluding carboxylic acids is 2. The fourth-order valence-corrected chi connectivity index (χ4v) is 1.84. The Balaban J connectivity index is 0.00000200. The number of hydrogen-bond donors (Lipinski definition) is 3. The average Bonchev–Trinajstić information content (AvgIpc) is 3.22. The molecule has 0 radical (unpaired) electrons. The highest BCUT2D eigenvalue weighted by molar-refractivity contribution is 6.31. The molecule has 0 heterocycles. The molecule has 7 heteroatoms. The van der Waals surface area contributed by atoms with Crippen molar-refractivity contribution < 1.29 is 9.59 Å². The van der Waals surface area contributed by atoms with Crippen molar-refractivity contribution in [3.63, 3.8) is 0 Å². The molecule has 0 bridgehead atoms. The van der Waals surface area contributed by atoms with Crippen LogP contribution in [0.15, 0.2) is 18.2 Å². The number of benzene rings is 1. The summed E-state index contributed by atoms with van der Waals surface area (Å²) < 4.78 is 0. The first-order valence-corrected chi connectivity index (χ1v) is 6.55. The van der Waals surface area contributed by atoms with Crippen molar-refractivity contribution in [2.45, 2.75) is 12.8 Å². The molecule has 20 heavy (non-hydrogen) atoms. The summed E-state index contributed by atoms with van der Waals surface area (Å²) in [7, 11) is 0. The van der Waals surface area contributed by atoms with E-state index in [1.165, 1.54) is 6.07 Å². The van der Waals surface area contributed by atoms with Gasteiger partial charge in [0, 0.05) is 11.6 Å². The maximum atomic E-state index is 12.1. The molecule has 0 unspecified atom stereocenters. The van der Waals surface area contributed by atoms with Crippen molar-refractivity contribution >= 4 is 41.5 Å². The lowest BCUT2D eigenvalue weighted by Gasteiger charge is -2.11. The standard InChI is InChI=1S/C13H16ClN3O2.ClH/c14-9-3-4-11(17-12(18)6-15)10(5-9)13(19)16-7-8-1-2-8;/h3-5,8H,1-2,6-7,15H2,(H,16,19)(H,17,18);1H. The highest BCUT2D eigenvalue weighted by Gasteiger charge is 2.22. The second-order valence-corrected chi connectivity index (χ2v) is 5.03. The minimum atomic E-state index is -0.349. The zero-order valence-corrected chi connectivity index (χ0v) is 12.4. The number of amides is 2. The first kappa shape index (κ1) is 16.8. The number of carbonyl (C=O) groups is 2. The molecule has 0 spiro atoms. The molecule has 1 aliphatic rings. The van der Waals surface area contributed by atoms with Crippen molar-refractivity contribution in [3.8, 4) is 0 Å². The molecule has 1 aromatic rings. The molecule has 2 amide bonds. The second kappa shape index (κ2) is 7.47. The lowest BCUT2D eigenvalue weighted by Crippen LogP contribution is -2.28. The molecule has 0 saturated heterocycles. The molecule has 110 valence electrons. The Kier molecular flexibility index (Phi) is 6.26. The Morgan fingerprint density at radius 2 is 2.05 bits per heavy atom. The van der Waals surface area contributed by atoms with E-state index in [0.29, 0.717) is 28.7 Å². The topological polar surface area (TPSA) is 84.2 Å². The van der Waals surface area contributed by atoms with Crippen molar-refractivity contribution in [3.05, 3.63) is 28.8 Å². The summed E-state index contributed by atoms with van der Waals surface area (Å²) in [5.74, 6) is 0.00510. The van der Waals surface area contributed by atoms with Gasteiger partial charge in [0.05, 0.1) is 17.8 Å². The average molecular weight is 318 g/mol. The van der Waals surface area contributed by atoms with Crippen molar-refractivity contribution in [2.75, 3.05) is 18.4 Å². The van der Waals surface area contributed by atoms with E-state index in [-0.39, 0.29) is 30.8 Å². The molecule has 5 nitrogen and oxygen atoms in total. The number of rotatable bonds is 5.